The summed E-state index contributed by atoms with van der Waals surface area (Å²) in [5.74, 6) is 1.41. The zero-order valence-electron chi connectivity index (χ0n) is 15.1. The highest BCUT2D eigenvalue weighted by atomic mass is 16.5. The Balaban J connectivity index is 2.26. The van der Waals surface area contributed by atoms with Crippen molar-refractivity contribution in [2.24, 2.45) is 0 Å². The summed E-state index contributed by atoms with van der Waals surface area (Å²) >= 11 is 0. The number of amides is 1. The van der Waals surface area contributed by atoms with Crippen LogP contribution in [0.1, 0.15) is 34.0 Å². The molecule has 2 aromatic carbocycles. The van der Waals surface area contributed by atoms with Crippen molar-refractivity contribution in [2.45, 2.75) is 27.3 Å². The maximum absolute atomic E-state index is 12.9. The first-order chi connectivity index (χ1) is 11.5. The predicted octanol–water partition coefficient (Wildman–Crippen LogP) is 3.98. The first-order valence-corrected chi connectivity index (χ1v) is 8.08. The van der Waals surface area contributed by atoms with Gasteiger partial charge in [-0.2, -0.15) is 0 Å². The fraction of sp³-hybridized carbons (Fsp3) is 0.350. The van der Waals surface area contributed by atoms with Gasteiger partial charge in [0, 0.05) is 18.7 Å². The van der Waals surface area contributed by atoms with Gasteiger partial charge in [0.25, 0.3) is 5.91 Å². The molecule has 4 nitrogen and oxygen atoms in total. The third-order valence-corrected chi connectivity index (χ3v) is 4.33. The third-order valence-electron chi connectivity index (χ3n) is 4.33. The molecule has 2 aromatic rings. The van der Waals surface area contributed by atoms with Gasteiger partial charge in [0.2, 0.25) is 0 Å². The summed E-state index contributed by atoms with van der Waals surface area (Å²) in [7, 11) is 3.22. The van der Waals surface area contributed by atoms with Crippen molar-refractivity contribution in [1.82, 2.24) is 4.90 Å². The fourth-order valence-electron chi connectivity index (χ4n) is 2.68. The van der Waals surface area contributed by atoms with Crippen LogP contribution in [0.15, 0.2) is 36.4 Å². The van der Waals surface area contributed by atoms with Gasteiger partial charge in [0.05, 0.1) is 14.2 Å². The van der Waals surface area contributed by atoms with Crippen molar-refractivity contribution < 1.29 is 14.3 Å². The molecule has 0 spiro atoms. The van der Waals surface area contributed by atoms with Crippen molar-refractivity contribution in [3.8, 4) is 11.5 Å². The molecule has 1 amide bonds. The summed E-state index contributed by atoms with van der Waals surface area (Å²) in [6.07, 6.45) is 0. The lowest BCUT2D eigenvalue weighted by Crippen LogP contribution is -2.31. The monoisotopic (exact) mass is 327 g/mol. The van der Waals surface area contributed by atoms with Crippen LogP contribution in [0, 0.1) is 13.8 Å². The number of nitrogens with zero attached hydrogens (tertiary/aromatic N) is 1. The Hall–Kier alpha value is -2.49. The normalized spacial score (nSPS) is 10.4. The number of benzene rings is 2. The highest BCUT2D eigenvalue weighted by molar-refractivity contribution is 5.95. The molecule has 0 saturated heterocycles. The molecule has 0 fully saturated rings. The zero-order valence-corrected chi connectivity index (χ0v) is 15.1. The van der Waals surface area contributed by atoms with Gasteiger partial charge in [0.1, 0.15) is 0 Å². The molecule has 24 heavy (non-hydrogen) atoms. The van der Waals surface area contributed by atoms with E-state index in [2.05, 4.69) is 0 Å². The maximum atomic E-state index is 12.9. The van der Waals surface area contributed by atoms with Crippen molar-refractivity contribution in [1.29, 1.82) is 0 Å². The number of carbonyl (C=O) groups is 1. The third kappa shape index (κ3) is 3.70. The molecule has 0 aliphatic carbocycles. The van der Waals surface area contributed by atoms with E-state index < -0.39 is 0 Å². The van der Waals surface area contributed by atoms with E-state index in [0.717, 1.165) is 22.3 Å². The average molecular weight is 327 g/mol. The molecular weight excluding hydrogens is 302 g/mol. The van der Waals surface area contributed by atoms with Crippen molar-refractivity contribution >= 4 is 5.91 Å². The molecule has 0 saturated carbocycles. The highest BCUT2D eigenvalue weighted by Crippen LogP contribution is 2.28. The molecule has 0 bridgehead atoms. The van der Waals surface area contributed by atoms with Crippen LogP contribution in [0.25, 0.3) is 0 Å². The van der Waals surface area contributed by atoms with Crippen LogP contribution < -0.4 is 9.47 Å². The molecule has 0 aliphatic heterocycles. The van der Waals surface area contributed by atoms with E-state index in [1.807, 2.05) is 62.1 Å². The molecule has 0 radical (unpaired) electrons. The largest absolute Gasteiger partial charge is 0.493 e. The standard InChI is InChI=1S/C20H25NO3/c1-6-21(20(22)17-9-7-8-14(2)15(17)3)13-16-10-11-18(23-4)19(12-16)24-5/h7-12H,6,13H2,1-5H3. The minimum absolute atomic E-state index is 0.0495. The average Bonchev–Trinajstić information content (AvgIpc) is 2.61. The molecule has 128 valence electrons. The first kappa shape index (κ1) is 17.9. The van der Waals surface area contributed by atoms with Gasteiger partial charge in [-0.15, -0.1) is 0 Å². The number of rotatable bonds is 6. The van der Waals surface area contributed by atoms with Crippen LogP contribution in [-0.2, 0) is 6.54 Å². The quantitative estimate of drug-likeness (QED) is 0.805. The van der Waals surface area contributed by atoms with Gasteiger partial charge in [-0.3, -0.25) is 4.79 Å². The van der Waals surface area contributed by atoms with Crippen LogP contribution in [0.2, 0.25) is 0 Å². The Morgan fingerprint density at radius 1 is 1.04 bits per heavy atom. The van der Waals surface area contributed by atoms with Gasteiger partial charge in [-0.25, -0.2) is 0 Å². The second-order valence-corrected chi connectivity index (χ2v) is 5.76. The van der Waals surface area contributed by atoms with Crippen LogP contribution in [0.5, 0.6) is 11.5 Å². The van der Waals surface area contributed by atoms with Crippen LogP contribution in [0.3, 0.4) is 0 Å². The van der Waals surface area contributed by atoms with E-state index in [-0.39, 0.29) is 5.91 Å². The Labute approximate surface area is 144 Å². The van der Waals surface area contributed by atoms with Crippen LogP contribution >= 0.6 is 0 Å². The van der Waals surface area contributed by atoms with Crippen LogP contribution in [0.4, 0.5) is 0 Å². The lowest BCUT2D eigenvalue weighted by molar-refractivity contribution is 0.0751. The minimum Gasteiger partial charge on any atom is -0.493 e. The van der Waals surface area contributed by atoms with Gasteiger partial charge in [-0.1, -0.05) is 18.2 Å². The lowest BCUT2D eigenvalue weighted by atomic mass is 10.0. The van der Waals surface area contributed by atoms with Crippen LogP contribution in [-0.4, -0.2) is 31.6 Å². The second kappa shape index (κ2) is 7.86. The Bertz CT molecular complexity index is 725. The smallest absolute Gasteiger partial charge is 0.254 e. The summed E-state index contributed by atoms with van der Waals surface area (Å²) in [6, 6.07) is 11.6. The number of hydrogen-bond donors (Lipinski definition) is 0. The number of methoxy groups -OCH3 is 2. The SMILES string of the molecule is CCN(Cc1ccc(OC)c(OC)c1)C(=O)c1cccc(C)c1C. The summed E-state index contributed by atoms with van der Waals surface area (Å²) in [5.41, 5.74) is 3.93. The summed E-state index contributed by atoms with van der Waals surface area (Å²) < 4.78 is 10.6. The maximum Gasteiger partial charge on any atom is 0.254 e. The Morgan fingerprint density at radius 2 is 1.75 bits per heavy atom. The minimum atomic E-state index is 0.0495. The summed E-state index contributed by atoms with van der Waals surface area (Å²) in [5, 5.41) is 0. The fourth-order valence-corrected chi connectivity index (χ4v) is 2.68. The van der Waals surface area contributed by atoms with Gasteiger partial charge in [-0.05, 0) is 55.7 Å². The molecule has 4 heteroatoms. The van der Waals surface area contributed by atoms with Gasteiger partial charge in [0.15, 0.2) is 11.5 Å². The first-order valence-electron chi connectivity index (χ1n) is 8.08. The Morgan fingerprint density at radius 3 is 2.38 bits per heavy atom. The van der Waals surface area contributed by atoms with E-state index in [0.29, 0.717) is 24.6 Å². The van der Waals surface area contributed by atoms with Crippen molar-refractivity contribution in [2.75, 3.05) is 20.8 Å². The molecule has 0 heterocycles. The number of hydrogen-bond acceptors (Lipinski definition) is 3. The van der Waals surface area contributed by atoms with E-state index in [4.69, 9.17) is 9.47 Å². The molecule has 0 N–H and O–H groups in total. The van der Waals surface area contributed by atoms with Gasteiger partial charge >= 0.3 is 0 Å². The molecule has 2 rings (SSSR count). The lowest BCUT2D eigenvalue weighted by Gasteiger charge is -2.23. The van der Waals surface area contributed by atoms with E-state index in [9.17, 15) is 4.79 Å². The molecule has 0 aromatic heterocycles. The molecule has 0 aliphatic rings. The van der Waals surface area contributed by atoms with Crippen molar-refractivity contribution in [3.05, 3.63) is 58.7 Å². The van der Waals surface area contributed by atoms with Gasteiger partial charge < -0.3 is 14.4 Å². The Kier molecular flexibility index (Phi) is 5.85. The summed E-state index contributed by atoms with van der Waals surface area (Å²) in [4.78, 5) is 14.7. The predicted molar refractivity (Wildman–Crippen MR) is 95.9 cm³/mol. The second-order valence-electron chi connectivity index (χ2n) is 5.76. The summed E-state index contributed by atoms with van der Waals surface area (Å²) in [6.45, 7) is 7.18. The highest BCUT2D eigenvalue weighted by Gasteiger charge is 2.18. The number of carbonyl (C=O) groups excluding carboxylic acids is 1. The van der Waals surface area contributed by atoms with E-state index in [1.54, 1.807) is 14.2 Å². The van der Waals surface area contributed by atoms with E-state index in [1.165, 1.54) is 0 Å². The zero-order chi connectivity index (χ0) is 17.7. The number of aryl methyl sites for hydroxylation is 1. The molecular formula is C20H25NO3. The van der Waals surface area contributed by atoms with E-state index >= 15 is 0 Å². The topological polar surface area (TPSA) is 38.8 Å². The van der Waals surface area contributed by atoms with Crippen molar-refractivity contribution in [3.63, 3.8) is 0 Å². The molecule has 0 atom stereocenters. The number of ether oxygens (including phenoxy) is 2. The molecule has 0 unspecified atom stereocenters.